The minimum Gasteiger partial charge on any atom is -0.383 e. The average molecular weight is 580 g/mol. The van der Waals surface area contributed by atoms with Crippen LogP contribution < -0.4 is 5.73 Å². The Morgan fingerprint density at radius 1 is 0.356 bits per heavy atom. The van der Waals surface area contributed by atoms with Crippen LogP contribution in [-0.4, -0.2) is 9.97 Å². The van der Waals surface area contributed by atoms with Crippen molar-refractivity contribution in [3.8, 4) is 44.5 Å². The van der Waals surface area contributed by atoms with Crippen molar-refractivity contribution < 1.29 is 0 Å². The maximum atomic E-state index is 6.76. The van der Waals surface area contributed by atoms with E-state index in [0.717, 1.165) is 33.8 Å². The summed E-state index contributed by atoms with van der Waals surface area (Å²) < 4.78 is 0. The normalized spacial score (nSPS) is 10.9. The number of hydrogen-bond acceptors (Lipinski definition) is 3. The summed E-state index contributed by atoms with van der Waals surface area (Å²) in [6.45, 7) is 0. The minimum absolute atomic E-state index is 0.504. The Bertz CT molecular complexity index is 2000. The number of hydrogen-bond donors (Lipinski definition) is 1. The summed E-state index contributed by atoms with van der Waals surface area (Å²) in [7, 11) is 0. The Kier molecular flexibility index (Phi) is 7.98. The Morgan fingerprint density at radius 2 is 0.711 bits per heavy atom. The molecular formula is C42H33N3. The van der Waals surface area contributed by atoms with Crippen LogP contribution in [0.2, 0.25) is 0 Å². The maximum absolute atomic E-state index is 6.76. The molecule has 0 spiro atoms. The third-order valence-electron chi connectivity index (χ3n) is 8.19. The van der Waals surface area contributed by atoms with Gasteiger partial charge in [0.05, 0.1) is 5.69 Å². The van der Waals surface area contributed by atoms with E-state index in [4.69, 9.17) is 15.7 Å². The molecule has 0 atom stereocenters. The van der Waals surface area contributed by atoms with E-state index in [9.17, 15) is 0 Å². The molecule has 0 saturated carbocycles. The summed E-state index contributed by atoms with van der Waals surface area (Å²) in [6, 6.07) is 57.2. The van der Waals surface area contributed by atoms with Gasteiger partial charge in [-0.05, 0) is 50.1 Å². The topological polar surface area (TPSA) is 51.8 Å². The van der Waals surface area contributed by atoms with Crippen molar-refractivity contribution in [2.45, 2.75) is 12.8 Å². The Labute approximate surface area is 264 Å². The number of nitrogens with zero attached hydrogens (tertiary/aromatic N) is 2. The molecule has 0 saturated heterocycles. The molecule has 0 fully saturated rings. The quantitative estimate of drug-likeness (QED) is 0.195. The van der Waals surface area contributed by atoms with Gasteiger partial charge in [0.25, 0.3) is 0 Å². The highest BCUT2D eigenvalue weighted by molar-refractivity contribution is 5.78. The Balaban J connectivity index is 1.22. The smallest absolute Gasteiger partial charge is 0.135 e. The fourth-order valence-corrected chi connectivity index (χ4v) is 5.83. The van der Waals surface area contributed by atoms with E-state index in [0.29, 0.717) is 18.7 Å². The van der Waals surface area contributed by atoms with E-state index < -0.39 is 0 Å². The van der Waals surface area contributed by atoms with Crippen LogP contribution in [0.4, 0.5) is 5.82 Å². The van der Waals surface area contributed by atoms with Crippen LogP contribution in [0.3, 0.4) is 0 Å². The van der Waals surface area contributed by atoms with Crippen molar-refractivity contribution in [2.75, 3.05) is 5.73 Å². The predicted octanol–water partition coefficient (Wildman–Crippen LogP) is 9.91. The number of nitrogen functional groups attached to an aromatic ring is 1. The van der Waals surface area contributed by atoms with Gasteiger partial charge in [-0.15, -0.1) is 0 Å². The molecule has 7 aromatic rings. The first-order valence-electron chi connectivity index (χ1n) is 15.3. The highest BCUT2D eigenvalue weighted by Gasteiger charge is 2.16. The molecule has 3 heteroatoms. The lowest BCUT2D eigenvalue weighted by Gasteiger charge is -2.15. The van der Waals surface area contributed by atoms with Crippen LogP contribution >= 0.6 is 0 Å². The van der Waals surface area contributed by atoms with Crippen LogP contribution in [0.15, 0.2) is 164 Å². The van der Waals surface area contributed by atoms with E-state index in [1.165, 1.54) is 33.4 Å². The average Bonchev–Trinajstić information content (AvgIpc) is 3.10. The summed E-state index contributed by atoms with van der Waals surface area (Å²) in [5.41, 5.74) is 19.0. The zero-order chi connectivity index (χ0) is 30.4. The molecule has 0 unspecified atom stereocenters. The minimum atomic E-state index is 0.504. The van der Waals surface area contributed by atoms with Crippen LogP contribution in [0, 0.1) is 0 Å². The van der Waals surface area contributed by atoms with Crippen molar-refractivity contribution >= 4 is 5.82 Å². The van der Waals surface area contributed by atoms with Crippen molar-refractivity contribution in [3.63, 3.8) is 0 Å². The SMILES string of the molecule is Nc1nc(Cc2ccc(-c3ccccc3)cc2)nc(Cc2ccc(-c3ccccc3)cc2)c1-c1ccc(-c2ccccc2)cc1. The molecule has 0 aliphatic rings. The number of anilines is 1. The van der Waals surface area contributed by atoms with E-state index >= 15 is 0 Å². The summed E-state index contributed by atoms with van der Waals surface area (Å²) >= 11 is 0. The molecule has 45 heavy (non-hydrogen) atoms. The number of aromatic nitrogens is 2. The molecule has 0 aliphatic carbocycles. The van der Waals surface area contributed by atoms with Crippen molar-refractivity contribution in [2.24, 2.45) is 0 Å². The van der Waals surface area contributed by atoms with Crippen LogP contribution in [0.5, 0.6) is 0 Å². The molecule has 6 aromatic carbocycles. The Hall–Kier alpha value is -5.80. The molecule has 0 aliphatic heterocycles. The molecular weight excluding hydrogens is 546 g/mol. The van der Waals surface area contributed by atoms with Crippen LogP contribution in [0.1, 0.15) is 22.6 Å². The highest BCUT2D eigenvalue weighted by atomic mass is 15.0. The van der Waals surface area contributed by atoms with Crippen LogP contribution in [0.25, 0.3) is 44.5 Å². The Morgan fingerprint density at radius 3 is 1.16 bits per heavy atom. The zero-order valence-electron chi connectivity index (χ0n) is 25.0. The second-order valence-electron chi connectivity index (χ2n) is 11.3. The molecule has 216 valence electrons. The standard InChI is InChI=1S/C42H33N3/c43-42-41(38-26-24-37(25-27-38)34-14-8-3-9-15-34)39(28-30-16-20-35(21-17-30)32-10-4-1-5-11-32)44-40(45-42)29-31-18-22-36(23-19-31)33-12-6-2-7-13-33/h1-27H,28-29H2,(H2,43,44,45). The monoisotopic (exact) mass is 579 g/mol. The fraction of sp³-hybridized carbons (Fsp3) is 0.0476. The molecule has 2 N–H and O–H groups in total. The van der Waals surface area contributed by atoms with Crippen molar-refractivity contribution in [1.29, 1.82) is 0 Å². The molecule has 0 bridgehead atoms. The zero-order valence-corrected chi connectivity index (χ0v) is 25.0. The second kappa shape index (κ2) is 12.8. The van der Waals surface area contributed by atoms with Crippen molar-refractivity contribution in [1.82, 2.24) is 9.97 Å². The molecule has 1 heterocycles. The van der Waals surface area contributed by atoms with Gasteiger partial charge in [-0.25, -0.2) is 9.97 Å². The van der Waals surface area contributed by atoms with Gasteiger partial charge in [-0.3, -0.25) is 0 Å². The van der Waals surface area contributed by atoms with E-state index in [1.807, 2.05) is 18.2 Å². The summed E-state index contributed by atoms with van der Waals surface area (Å²) in [4.78, 5) is 9.98. The third-order valence-corrected chi connectivity index (χ3v) is 8.19. The number of rotatable bonds is 8. The first kappa shape index (κ1) is 28.0. The van der Waals surface area contributed by atoms with Crippen molar-refractivity contribution in [3.05, 3.63) is 186 Å². The number of benzene rings is 6. The van der Waals surface area contributed by atoms with Gasteiger partial charge in [0, 0.05) is 18.4 Å². The van der Waals surface area contributed by atoms with Crippen LogP contribution in [-0.2, 0) is 12.8 Å². The highest BCUT2D eigenvalue weighted by Crippen LogP contribution is 2.32. The molecule has 3 nitrogen and oxygen atoms in total. The third kappa shape index (κ3) is 6.43. The first-order chi connectivity index (χ1) is 22.2. The van der Waals surface area contributed by atoms with Gasteiger partial charge in [0.2, 0.25) is 0 Å². The van der Waals surface area contributed by atoms with Gasteiger partial charge in [-0.1, -0.05) is 164 Å². The van der Waals surface area contributed by atoms with Gasteiger partial charge >= 0.3 is 0 Å². The lowest BCUT2D eigenvalue weighted by atomic mass is 9.96. The maximum Gasteiger partial charge on any atom is 0.135 e. The van der Waals surface area contributed by atoms with Gasteiger partial charge in [0.15, 0.2) is 0 Å². The lowest BCUT2D eigenvalue weighted by molar-refractivity contribution is 0.926. The molecule has 0 radical (unpaired) electrons. The molecule has 7 rings (SSSR count). The van der Waals surface area contributed by atoms with E-state index in [2.05, 4.69) is 146 Å². The molecule has 1 aromatic heterocycles. The summed E-state index contributed by atoms with van der Waals surface area (Å²) in [5.74, 6) is 1.23. The summed E-state index contributed by atoms with van der Waals surface area (Å²) in [6.07, 6.45) is 1.25. The largest absolute Gasteiger partial charge is 0.383 e. The predicted molar refractivity (Wildman–Crippen MR) is 187 cm³/mol. The number of nitrogens with two attached hydrogens (primary N) is 1. The second-order valence-corrected chi connectivity index (χ2v) is 11.3. The van der Waals surface area contributed by atoms with E-state index in [1.54, 1.807) is 0 Å². The molecule has 0 amide bonds. The van der Waals surface area contributed by atoms with Gasteiger partial charge in [-0.2, -0.15) is 0 Å². The van der Waals surface area contributed by atoms with Gasteiger partial charge < -0.3 is 5.73 Å². The van der Waals surface area contributed by atoms with Gasteiger partial charge in [0.1, 0.15) is 11.6 Å². The first-order valence-corrected chi connectivity index (χ1v) is 15.3. The summed E-state index contributed by atoms with van der Waals surface area (Å²) in [5, 5.41) is 0. The van der Waals surface area contributed by atoms with E-state index in [-0.39, 0.29) is 0 Å². The fourth-order valence-electron chi connectivity index (χ4n) is 5.83. The lowest BCUT2D eigenvalue weighted by Crippen LogP contribution is -2.08.